The Morgan fingerprint density at radius 3 is 2.52 bits per heavy atom. The second-order valence-electron chi connectivity index (χ2n) is 6.14. The molecule has 2 aromatic carbocycles. The van der Waals surface area contributed by atoms with Gasteiger partial charge >= 0.3 is 6.36 Å². The third-order valence-electron chi connectivity index (χ3n) is 4.38. The van der Waals surface area contributed by atoms with Crippen LogP contribution in [0.4, 0.5) is 13.2 Å². The molecule has 0 aliphatic heterocycles. The molecular formula is C19H14Cl2F3NO2. The monoisotopic (exact) mass is 415 g/mol. The molecule has 0 unspecified atom stereocenters. The van der Waals surface area contributed by atoms with E-state index in [4.69, 9.17) is 23.2 Å². The highest BCUT2D eigenvalue weighted by Crippen LogP contribution is 2.34. The standard InChI is InChI=1S/C19H14Cl2F3NO2/c1-10-5-13(27-19(22,23)24)8-17-14(10)6-12(25(17)2)7-15-16(20)4-3-11(9-26)18(15)21/h3-6,8-9H,7H2,1-2H3. The van der Waals surface area contributed by atoms with Crippen LogP contribution < -0.4 is 4.74 Å². The normalized spacial score (nSPS) is 11.8. The number of hydrogen-bond donors (Lipinski definition) is 0. The molecule has 0 fully saturated rings. The van der Waals surface area contributed by atoms with E-state index in [1.807, 2.05) is 6.07 Å². The molecule has 0 radical (unpaired) electrons. The van der Waals surface area contributed by atoms with Gasteiger partial charge in [-0.15, -0.1) is 13.2 Å². The van der Waals surface area contributed by atoms with Gasteiger partial charge in [-0.2, -0.15) is 0 Å². The van der Waals surface area contributed by atoms with Crippen molar-refractivity contribution < 1.29 is 22.7 Å². The van der Waals surface area contributed by atoms with Crippen molar-refractivity contribution in [1.29, 1.82) is 0 Å². The van der Waals surface area contributed by atoms with E-state index in [2.05, 4.69) is 4.74 Å². The van der Waals surface area contributed by atoms with Gasteiger partial charge in [0.2, 0.25) is 0 Å². The molecule has 3 rings (SSSR count). The number of alkyl halides is 3. The Balaban J connectivity index is 2.08. The quantitative estimate of drug-likeness (QED) is 0.482. The van der Waals surface area contributed by atoms with E-state index < -0.39 is 6.36 Å². The Labute approximate surface area is 163 Å². The molecule has 0 atom stereocenters. The smallest absolute Gasteiger partial charge is 0.406 e. The van der Waals surface area contributed by atoms with E-state index in [0.29, 0.717) is 39.9 Å². The molecule has 27 heavy (non-hydrogen) atoms. The highest BCUT2D eigenvalue weighted by atomic mass is 35.5. The zero-order valence-electron chi connectivity index (χ0n) is 14.3. The van der Waals surface area contributed by atoms with Crippen molar-refractivity contribution in [2.75, 3.05) is 0 Å². The number of aromatic nitrogens is 1. The molecule has 1 heterocycles. The van der Waals surface area contributed by atoms with Gasteiger partial charge in [-0.05, 0) is 42.3 Å². The number of halogens is 5. The largest absolute Gasteiger partial charge is 0.573 e. The predicted octanol–water partition coefficient (Wildman–Crippen LogP) is 6.10. The minimum Gasteiger partial charge on any atom is -0.406 e. The molecule has 3 nitrogen and oxygen atoms in total. The number of hydrogen-bond acceptors (Lipinski definition) is 2. The molecule has 1 aromatic heterocycles. The van der Waals surface area contributed by atoms with Gasteiger partial charge in [-0.1, -0.05) is 23.2 Å². The Morgan fingerprint density at radius 2 is 1.89 bits per heavy atom. The van der Waals surface area contributed by atoms with Gasteiger partial charge in [-0.25, -0.2) is 0 Å². The number of carbonyl (C=O) groups excluding carboxylic acids is 1. The lowest BCUT2D eigenvalue weighted by Crippen LogP contribution is -2.17. The summed E-state index contributed by atoms with van der Waals surface area (Å²) in [5.74, 6) is -0.278. The number of aldehydes is 1. The molecule has 0 saturated heterocycles. The minimum absolute atomic E-state index is 0.264. The molecule has 0 aliphatic rings. The summed E-state index contributed by atoms with van der Waals surface area (Å²) in [7, 11) is 1.74. The third-order valence-corrected chi connectivity index (χ3v) is 5.18. The van der Waals surface area contributed by atoms with Gasteiger partial charge in [0.1, 0.15) is 5.75 Å². The average Bonchev–Trinajstić information content (AvgIpc) is 2.87. The summed E-state index contributed by atoms with van der Waals surface area (Å²) < 4.78 is 43.4. The number of rotatable bonds is 4. The molecule has 0 aliphatic carbocycles. The molecule has 0 saturated carbocycles. The topological polar surface area (TPSA) is 31.2 Å². The second kappa shape index (κ2) is 7.09. The number of ether oxygens (including phenoxy) is 1. The zero-order chi connectivity index (χ0) is 19.9. The van der Waals surface area contributed by atoms with Crippen molar-refractivity contribution >= 4 is 40.4 Å². The summed E-state index contributed by atoms with van der Waals surface area (Å²) in [5, 5.41) is 1.47. The summed E-state index contributed by atoms with van der Waals surface area (Å²) in [6, 6.07) is 7.67. The molecule has 3 aromatic rings. The van der Waals surface area contributed by atoms with Crippen molar-refractivity contribution in [2.24, 2.45) is 7.05 Å². The van der Waals surface area contributed by atoms with Crippen molar-refractivity contribution in [3.63, 3.8) is 0 Å². The van der Waals surface area contributed by atoms with Crippen LogP contribution in [0.15, 0.2) is 30.3 Å². The Morgan fingerprint density at radius 1 is 1.19 bits per heavy atom. The molecule has 0 N–H and O–H groups in total. The van der Waals surface area contributed by atoms with Gasteiger partial charge in [0, 0.05) is 41.2 Å². The maximum Gasteiger partial charge on any atom is 0.573 e. The SMILES string of the molecule is Cc1cc(OC(F)(F)F)cc2c1cc(Cc1c(Cl)ccc(C=O)c1Cl)n2C. The Bertz CT molecular complexity index is 1040. The fourth-order valence-corrected chi connectivity index (χ4v) is 3.59. The predicted molar refractivity (Wildman–Crippen MR) is 99.0 cm³/mol. The van der Waals surface area contributed by atoms with Gasteiger partial charge in [0.25, 0.3) is 0 Å². The molecule has 8 heteroatoms. The first-order chi connectivity index (χ1) is 12.6. The first kappa shape index (κ1) is 19.6. The lowest BCUT2D eigenvalue weighted by Gasteiger charge is -2.11. The van der Waals surface area contributed by atoms with E-state index in [-0.39, 0.29) is 10.8 Å². The summed E-state index contributed by atoms with van der Waals surface area (Å²) in [4.78, 5) is 11.1. The molecule has 0 spiro atoms. The fraction of sp³-hybridized carbons (Fsp3) is 0.211. The first-order valence-electron chi connectivity index (χ1n) is 7.87. The van der Waals surface area contributed by atoms with E-state index >= 15 is 0 Å². The maximum atomic E-state index is 12.5. The van der Waals surface area contributed by atoms with E-state index in [1.165, 1.54) is 18.2 Å². The molecule has 0 amide bonds. The summed E-state index contributed by atoms with van der Waals surface area (Å²) in [5.41, 5.74) is 2.92. The average molecular weight is 416 g/mol. The number of carbonyl (C=O) groups is 1. The van der Waals surface area contributed by atoms with Crippen LogP contribution >= 0.6 is 23.2 Å². The first-order valence-corrected chi connectivity index (χ1v) is 8.63. The van der Waals surface area contributed by atoms with Crippen LogP contribution in [-0.2, 0) is 13.5 Å². The Hall–Kier alpha value is -2.18. The van der Waals surface area contributed by atoms with Crippen LogP contribution in [0.25, 0.3) is 10.9 Å². The van der Waals surface area contributed by atoms with Gasteiger partial charge < -0.3 is 9.30 Å². The molecular weight excluding hydrogens is 402 g/mol. The fourth-order valence-electron chi connectivity index (χ4n) is 3.04. The highest BCUT2D eigenvalue weighted by Gasteiger charge is 2.31. The second-order valence-corrected chi connectivity index (χ2v) is 6.92. The number of aryl methyl sites for hydroxylation is 2. The van der Waals surface area contributed by atoms with Gasteiger partial charge in [0.15, 0.2) is 6.29 Å². The lowest BCUT2D eigenvalue weighted by atomic mass is 10.1. The number of nitrogens with zero attached hydrogens (tertiary/aromatic N) is 1. The van der Waals surface area contributed by atoms with E-state index in [1.54, 1.807) is 24.6 Å². The van der Waals surface area contributed by atoms with Crippen LogP contribution in [0.2, 0.25) is 10.0 Å². The van der Waals surface area contributed by atoms with Crippen LogP contribution in [0.5, 0.6) is 5.75 Å². The van der Waals surface area contributed by atoms with Crippen molar-refractivity contribution in [1.82, 2.24) is 4.57 Å². The Kier molecular flexibility index (Phi) is 5.14. The summed E-state index contributed by atoms with van der Waals surface area (Å²) >= 11 is 12.5. The highest BCUT2D eigenvalue weighted by molar-refractivity contribution is 6.37. The minimum atomic E-state index is -4.76. The summed E-state index contributed by atoms with van der Waals surface area (Å²) in [6.07, 6.45) is -3.79. The van der Waals surface area contributed by atoms with Crippen LogP contribution in [0.1, 0.15) is 27.2 Å². The number of benzene rings is 2. The third kappa shape index (κ3) is 3.92. The van der Waals surface area contributed by atoms with Gasteiger partial charge in [0.05, 0.1) is 10.5 Å². The molecule has 142 valence electrons. The van der Waals surface area contributed by atoms with Crippen molar-refractivity contribution in [3.05, 3.63) is 62.8 Å². The molecule has 0 bridgehead atoms. The zero-order valence-corrected chi connectivity index (χ0v) is 15.8. The lowest BCUT2D eigenvalue weighted by molar-refractivity contribution is -0.274. The van der Waals surface area contributed by atoms with Crippen LogP contribution in [0, 0.1) is 6.92 Å². The number of fused-ring (bicyclic) bond motifs is 1. The van der Waals surface area contributed by atoms with Crippen LogP contribution in [0.3, 0.4) is 0 Å². The van der Waals surface area contributed by atoms with Gasteiger partial charge in [-0.3, -0.25) is 4.79 Å². The van der Waals surface area contributed by atoms with E-state index in [0.717, 1.165) is 11.1 Å². The van der Waals surface area contributed by atoms with Crippen LogP contribution in [-0.4, -0.2) is 17.2 Å². The maximum absolute atomic E-state index is 12.5. The van der Waals surface area contributed by atoms with Crippen molar-refractivity contribution in [2.45, 2.75) is 19.7 Å². The van der Waals surface area contributed by atoms with Crippen molar-refractivity contribution in [3.8, 4) is 5.75 Å². The van der Waals surface area contributed by atoms with E-state index in [9.17, 15) is 18.0 Å². The summed E-state index contributed by atoms with van der Waals surface area (Å²) in [6.45, 7) is 1.71.